The number of aromatic nitrogens is 1. The van der Waals surface area contributed by atoms with Gasteiger partial charge in [-0.25, -0.2) is 9.79 Å². The van der Waals surface area contributed by atoms with Crippen LogP contribution in [0.2, 0.25) is 0 Å². The van der Waals surface area contributed by atoms with Gasteiger partial charge in [0.05, 0.1) is 0 Å². The summed E-state index contributed by atoms with van der Waals surface area (Å²) < 4.78 is 5.01. The van der Waals surface area contributed by atoms with Crippen molar-refractivity contribution in [3.05, 3.63) is 34.5 Å². The minimum atomic E-state index is -0.496. The van der Waals surface area contributed by atoms with E-state index in [0.29, 0.717) is 29.4 Å². The lowest BCUT2D eigenvalue weighted by Crippen LogP contribution is -2.37. The molecule has 0 aliphatic rings. The number of nitrogens with one attached hydrogen (secondary N) is 1. The molecule has 0 saturated heterocycles. The molecule has 9 nitrogen and oxygen atoms in total. The van der Waals surface area contributed by atoms with E-state index in [1.54, 1.807) is 33.1 Å². The van der Waals surface area contributed by atoms with Gasteiger partial charge in [-0.3, -0.25) is 19.4 Å². The quantitative estimate of drug-likeness (QED) is 0.569. The summed E-state index contributed by atoms with van der Waals surface area (Å²) in [5.74, 6) is 0.769. The standard InChI is InChI=1S/C19H27N5O4/c1-12(2)18(24(7)19(27)23(6)11-25)20-10-13(3)8-9-16(26)21-17-14(4)22-28-15(17)5/h8,10-11H,9H2,1-7H3,(H,21,26)/b13-8-,20-10-. The van der Waals surface area contributed by atoms with Crippen molar-refractivity contribution in [2.45, 2.75) is 41.0 Å². The molecular formula is C19H27N5O4. The Balaban J connectivity index is 2.80. The Kier molecular flexibility index (Phi) is 8.30. The highest BCUT2D eigenvalue weighted by Crippen LogP contribution is 2.18. The Morgan fingerprint density at radius 3 is 2.36 bits per heavy atom. The molecule has 0 saturated carbocycles. The van der Waals surface area contributed by atoms with Crippen LogP contribution in [0, 0.1) is 13.8 Å². The maximum absolute atomic E-state index is 12.1. The molecule has 1 aromatic heterocycles. The fourth-order valence-electron chi connectivity index (χ4n) is 2.24. The highest BCUT2D eigenvalue weighted by molar-refractivity contribution is 5.93. The van der Waals surface area contributed by atoms with Crippen LogP contribution in [0.5, 0.6) is 0 Å². The van der Waals surface area contributed by atoms with Crippen molar-refractivity contribution < 1.29 is 18.9 Å². The average Bonchev–Trinajstić information content (AvgIpc) is 2.96. The first-order chi connectivity index (χ1) is 13.1. The maximum Gasteiger partial charge on any atom is 0.331 e. The third kappa shape index (κ3) is 6.19. The van der Waals surface area contributed by atoms with Crippen LogP contribution < -0.4 is 5.32 Å². The lowest BCUT2D eigenvalue weighted by molar-refractivity contribution is -0.116. The molecule has 0 spiro atoms. The minimum Gasteiger partial charge on any atom is -0.359 e. The Morgan fingerprint density at radius 2 is 1.86 bits per heavy atom. The van der Waals surface area contributed by atoms with Gasteiger partial charge in [0.15, 0.2) is 5.76 Å². The van der Waals surface area contributed by atoms with Crippen LogP contribution in [0.3, 0.4) is 0 Å². The zero-order chi connectivity index (χ0) is 21.4. The van der Waals surface area contributed by atoms with Gasteiger partial charge in [-0.2, -0.15) is 0 Å². The van der Waals surface area contributed by atoms with Gasteiger partial charge in [-0.1, -0.05) is 11.2 Å². The number of hydrogen-bond donors (Lipinski definition) is 1. The molecule has 9 heteroatoms. The summed E-state index contributed by atoms with van der Waals surface area (Å²) in [6.07, 6.45) is 3.87. The molecule has 0 aliphatic heterocycles. The third-order valence-electron chi connectivity index (χ3n) is 3.81. The topological polar surface area (TPSA) is 108 Å². The SMILES string of the molecule is CC(C)=C(/N=C\C(C)=C/CC(=O)Nc1c(C)noc1C)N(C)C(=O)N(C)C=O. The molecule has 0 radical (unpaired) electrons. The van der Waals surface area contributed by atoms with E-state index in [2.05, 4.69) is 15.5 Å². The number of anilines is 1. The number of rotatable bonds is 7. The number of aryl methyl sites for hydroxylation is 2. The van der Waals surface area contributed by atoms with E-state index in [1.807, 2.05) is 13.8 Å². The van der Waals surface area contributed by atoms with Crippen LogP contribution in [0.1, 0.15) is 38.6 Å². The van der Waals surface area contributed by atoms with Crippen molar-refractivity contribution in [3.8, 4) is 0 Å². The number of aliphatic imine (C=N–C) groups is 1. The van der Waals surface area contributed by atoms with E-state index < -0.39 is 6.03 Å². The van der Waals surface area contributed by atoms with E-state index in [1.165, 1.54) is 19.0 Å². The van der Waals surface area contributed by atoms with Gasteiger partial charge >= 0.3 is 6.03 Å². The summed E-state index contributed by atoms with van der Waals surface area (Å²) in [6.45, 7) is 8.90. The van der Waals surface area contributed by atoms with Crippen LogP contribution in [-0.4, -0.2) is 53.6 Å². The average molecular weight is 389 g/mol. The number of nitrogens with zero attached hydrogens (tertiary/aromatic N) is 4. The van der Waals surface area contributed by atoms with E-state index in [-0.39, 0.29) is 12.3 Å². The largest absolute Gasteiger partial charge is 0.359 e. The first kappa shape index (κ1) is 22.8. The molecule has 1 aromatic rings. The molecule has 152 valence electrons. The number of hydrogen-bond acceptors (Lipinski definition) is 6. The van der Waals surface area contributed by atoms with Crippen molar-refractivity contribution in [1.29, 1.82) is 0 Å². The molecule has 0 atom stereocenters. The lowest BCUT2D eigenvalue weighted by Gasteiger charge is -2.22. The smallest absolute Gasteiger partial charge is 0.331 e. The Morgan fingerprint density at radius 1 is 1.21 bits per heavy atom. The normalized spacial score (nSPS) is 11.3. The fraction of sp³-hybridized carbons (Fsp3) is 0.421. The van der Waals surface area contributed by atoms with Gasteiger partial charge in [0.25, 0.3) is 0 Å². The lowest BCUT2D eigenvalue weighted by atomic mass is 10.2. The molecular weight excluding hydrogens is 362 g/mol. The summed E-state index contributed by atoms with van der Waals surface area (Å²) in [6, 6.07) is -0.496. The van der Waals surface area contributed by atoms with Gasteiger partial charge in [0.2, 0.25) is 12.3 Å². The summed E-state index contributed by atoms with van der Waals surface area (Å²) in [5, 5.41) is 6.55. The second-order valence-corrected chi connectivity index (χ2v) is 6.54. The number of imide groups is 1. The van der Waals surface area contributed by atoms with Gasteiger partial charge in [0.1, 0.15) is 17.2 Å². The monoisotopic (exact) mass is 389 g/mol. The zero-order valence-corrected chi connectivity index (χ0v) is 17.4. The highest BCUT2D eigenvalue weighted by Gasteiger charge is 2.17. The first-order valence-electron chi connectivity index (χ1n) is 8.65. The zero-order valence-electron chi connectivity index (χ0n) is 17.4. The van der Waals surface area contributed by atoms with E-state index in [4.69, 9.17) is 4.52 Å². The van der Waals surface area contributed by atoms with Gasteiger partial charge < -0.3 is 9.84 Å². The Labute approximate surface area is 164 Å². The second kappa shape index (κ2) is 10.2. The molecule has 1 N–H and O–H groups in total. The molecule has 0 fully saturated rings. The Hall–Kier alpha value is -3.23. The first-order valence-corrected chi connectivity index (χ1v) is 8.65. The van der Waals surface area contributed by atoms with E-state index >= 15 is 0 Å². The summed E-state index contributed by atoms with van der Waals surface area (Å²) in [4.78, 5) is 41.6. The molecule has 0 aliphatic carbocycles. The number of allylic oxidation sites excluding steroid dienone is 2. The predicted molar refractivity (Wildman–Crippen MR) is 107 cm³/mol. The van der Waals surface area contributed by atoms with Crippen LogP contribution in [0.15, 0.2) is 32.6 Å². The summed E-state index contributed by atoms with van der Waals surface area (Å²) in [5.41, 5.74) is 2.75. The maximum atomic E-state index is 12.1. The summed E-state index contributed by atoms with van der Waals surface area (Å²) in [7, 11) is 2.92. The summed E-state index contributed by atoms with van der Waals surface area (Å²) >= 11 is 0. The predicted octanol–water partition coefficient (Wildman–Crippen LogP) is 3.03. The third-order valence-corrected chi connectivity index (χ3v) is 3.81. The minimum absolute atomic E-state index is 0.148. The second-order valence-electron chi connectivity index (χ2n) is 6.54. The van der Waals surface area contributed by atoms with Crippen molar-refractivity contribution >= 4 is 30.3 Å². The number of carbonyl (C=O) groups excluding carboxylic acids is 3. The molecule has 1 rings (SSSR count). The van der Waals surface area contributed by atoms with Crippen molar-refractivity contribution in [2.75, 3.05) is 19.4 Å². The van der Waals surface area contributed by atoms with Crippen molar-refractivity contribution in [1.82, 2.24) is 15.0 Å². The number of amides is 4. The van der Waals surface area contributed by atoms with Crippen LogP contribution in [-0.2, 0) is 9.59 Å². The van der Waals surface area contributed by atoms with Crippen LogP contribution >= 0.6 is 0 Å². The molecule has 1 heterocycles. The molecule has 0 aromatic carbocycles. The Bertz CT molecular complexity index is 812. The molecule has 0 bridgehead atoms. The van der Waals surface area contributed by atoms with Gasteiger partial charge in [-0.05, 0) is 45.8 Å². The fourth-order valence-corrected chi connectivity index (χ4v) is 2.24. The van der Waals surface area contributed by atoms with E-state index in [9.17, 15) is 14.4 Å². The molecule has 4 amide bonds. The molecule has 28 heavy (non-hydrogen) atoms. The van der Waals surface area contributed by atoms with Crippen molar-refractivity contribution in [2.24, 2.45) is 4.99 Å². The number of urea groups is 1. The number of carbonyl (C=O) groups is 3. The van der Waals surface area contributed by atoms with Crippen LogP contribution in [0.25, 0.3) is 0 Å². The highest BCUT2D eigenvalue weighted by atomic mass is 16.5. The van der Waals surface area contributed by atoms with Gasteiger partial charge in [-0.15, -0.1) is 0 Å². The van der Waals surface area contributed by atoms with Crippen LogP contribution in [0.4, 0.5) is 10.5 Å². The van der Waals surface area contributed by atoms with Gasteiger partial charge in [0, 0.05) is 26.7 Å². The molecule has 0 unspecified atom stereocenters. The van der Waals surface area contributed by atoms with Crippen molar-refractivity contribution in [3.63, 3.8) is 0 Å². The van der Waals surface area contributed by atoms with E-state index in [0.717, 1.165) is 16.0 Å².